The monoisotopic (exact) mass is 318 g/mol. The molecule has 2 aromatic rings. The lowest BCUT2D eigenvalue weighted by atomic mass is 9.97. The van der Waals surface area contributed by atoms with E-state index >= 15 is 0 Å². The molecule has 0 atom stereocenters. The van der Waals surface area contributed by atoms with Crippen molar-refractivity contribution >= 4 is 27.0 Å². The molecule has 1 heterocycles. The molecule has 1 aliphatic rings. The van der Waals surface area contributed by atoms with Crippen LogP contribution in [0.3, 0.4) is 0 Å². The zero-order valence-corrected chi connectivity index (χ0v) is 12.3. The Morgan fingerprint density at radius 1 is 1.00 bits per heavy atom. The van der Waals surface area contributed by atoms with E-state index in [-0.39, 0.29) is 11.5 Å². The predicted molar refractivity (Wildman–Crippen MR) is 83.8 cm³/mol. The van der Waals surface area contributed by atoms with E-state index in [1.165, 1.54) is 24.3 Å². The Morgan fingerprint density at radius 2 is 1.68 bits per heavy atom. The molecular formula is C17H14O4S. The molecule has 0 spiro atoms. The third kappa shape index (κ3) is 2.67. The normalized spacial score (nSPS) is 17.6. The third-order valence-corrected chi connectivity index (χ3v) is 4.32. The Balaban J connectivity index is 2.05. The molecule has 0 saturated carbocycles. The molecule has 0 bridgehead atoms. The molecule has 112 valence electrons. The van der Waals surface area contributed by atoms with Crippen LogP contribution in [0.2, 0.25) is 0 Å². The molecule has 3 rings (SSSR count). The van der Waals surface area contributed by atoms with E-state index in [4.69, 9.17) is 8.85 Å². The van der Waals surface area contributed by atoms with Gasteiger partial charge in [-0.15, -0.1) is 0 Å². The van der Waals surface area contributed by atoms with Crippen molar-refractivity contribution in [3.63, 3.8) is 0 Å². The van der Waals surface area contributed by atoms with Gasteiger partial charge in [-0.2, -0.15) is 0 Å². The summed E-state index contributed by atoms with van der Waals surface area (Å²) in [6, 6.07) is 14.4. The molecule has 0 N–H and O–H groups in total. The summed E-state index contributed by atoms with van der Waals surface area (Å²) in [5.41, 5.74) is 2.37. The number of cyclic esters (lactones) is 1. The Hall–Kier alpha value is -2.40. The van der Waals surface area contributed by atoms with E-state index in [1.807, 2.05) is 6.07 Å². The number of ether oxygens (including phenoxy) is 1. The highest BCUT2D eigenvalue weighted by Gasteiger charge is 2.27. The van der Waals surface area contributed by atoms with Crippen LogP contribution < -0.4 is 0 Å². The number of sulfone groups is 1. The van der Waals surface area contributed by atoms with Crippen molar-refractivity contribution < 1.29 is 22.1 Å². The lowest BCUT2D eigenvalue weighted by Crippen LogP contribution is -1.98. The first-order valence-corrected chi connectivity index (χ1v) is 8.01. The van der Waals surface area contributed by atoms with Crippen LogP contribution in [-0.4, -0.2) is 27.2 Å². The smallest absolute Gasteiger partial charge is 0.339 e. The number of hydrogen-bond acceptors (Lipinski definition) is 4. The molecule has 2 aromatic carbocycles. The van der Waals surface area contributed by atoms with Gasteiger partial charge < -0.3 is 4.74 Å². The van der Waals surface area contributed by atoms with E-state index in [0.717, 1.165) is 0 Å². The minimum Gasteiger partial charge on any atom is -0.457 e. The maximum atomic E-state index is 12.1. The van der Waals surface area contributed by atoms with Crippen molar-refractivity contribution in [2.75, 3.05) is 12.8 Å². The molecule has 22 heavy (non-hydrogen) atoms. The molecule has 4 nitrogen and oxygen atoms in total. The molecule has 0 aromatic heterocycles. The fourth-order valence-electron chi connectivity index (χ4n) is 2.37. The van der Waals surface area contributed by atoms with E-state index in [0.29, 0.717) is 22.3 Å². The van der Waals surface area contributed by atoms with Crippen LogP contribution in [0.4, 0.5) is 0 Å². The highest BCUT2D eigenvalue weighted by molar-refractivity contribution is 7.90. The molecule has 0 saturated heterocycles. The largest absolute Gasteiger partial charge is 0.457 e. The number of carbonyl (C=O) groups excluding carboxylic acids is 1. The summed E-state index contributed by atoms with van der Waals surface area (Å²) in [5.74, 6) is -0.444. The quantitative estimate of drug-likeness (QED) is 0.644. The molecule has 0 radical (unpaired) electrons. The van der Waals surface area contributed by atoms with Gasteiger partial charge >= 0.3 is 5.97 Å². The van der Waals surface area contributed by atoms with Crippen molar-refractivity contribution in [2.24, 2.45) is 0 Å². The zero-order valence-electron chi connectivity index (χ0n) is 14.4. The fraction of sp³-hybridized carbons (Fsp3) is 0.118. The number of hydrogen-bond donors (Lipinski definition) is 0. The molecule has 0 aliphatic carbocycles. The van der Waals surface area contributed by atoms with Crippen molar-refractivity contribution in [2.45, 2.75) is 4.90 Å². The van der Waals surface area contributed by atoms with Gasteiger partial charge in [0, 0.05) is 15.9 Å². The van der Waals surface area contributed by atoms with Gasteiger partial charge in [-0.1, -0.05) is 42.5 Å². The topological polar surface area (TPSA) is 60.4 Å². The standard InChI is InChI=1S/C17H14O4S/c1-22(19,20)14-9-7-12(8-10-14)15-11-21-17(18)16(15)13-5-3-2-4-6-13/h2-10H,11H2,1H3/i1+1D3. The number of rotatable bonds is 3. The summed E-state index contributed by atoms with van der Waals surface area (Å²) < 4.78 is 50.5. The minimum absolute atomic E-state index is 0.0778. The lowest BCUT2D eigenvalue weighted by molar-refractivity contribution is -0.133. The first-order valence-electron chi connectivity index (χ1n) is 8.02. The van der Waals surface area contributed by atoms with Crippen molar-refractivity contribution in [3.05, 3.63) is 65.7 Å². The fourth-order valence-corrected chi connectivity index (χ4v) is 2.86. The van der Waals surface area contributed by atoms with Gasteiger partial charge in [-0.3, -0.25) is 0 Å². The molecule has 1 aliphatic heterocycles. The lowest BCUT2D eigenvalue weighted by Gasteiger charge is -2.05. The Labute approximate surface area is 133 Å². The van der Waals surface area contributed by atoms with Crippen LogP contribution in [0.15, 0.2) is 59.5 Å². The Bertz CT molecular complexity index is 944. The minimum atomic E-state index is -4.41. The van der Waals surface area contributed by atoms with Gasteiger partial charge in [0.15, 0.2) is 9.84 Å². The van der Waals surface area contributed by atoms with Crippen molar-refractivity contribution in [1.29, 1.82) is 0 Å². The van der Waals surface area contributed by atoms with Crippen LogP contribution >= 0.6 is 0 Å². The Kier molecular flexibility index (Phi) is 2.76. The van der Waals surface area contributed by atoms with Gasteiger partial charge in [0.05, 0.1) is 10.5 Å². The molecule has 0 fully saturated rings. The average molecular weight is 318 g/mol. The molecule has 0 unspecified atom stereocenters. The summed E-state index contributed by atoms with van der Waals surface area (Å²) in [4.78, 5) is 11.8. The maximum absolute atomic E-state index is 12.1. The SMILES string of the molecule is [2H][13C]([2H])([2H])S(=O)(=O)c1ccc(C2=C(c3ccccc3)C(=O)OC2)cc1. The first kappa shape index (κ1) is 11.2. The summed E-state index contributed by atoms with van der Waals surface area (Å²) >= 11 is 0. The number of benzene rings is 2. The van der Waals surface area contributed by atoms with Gasteiger partial charge in [0.25, 0.3) is 0 Å². The Morgan fingerprint density at radius 3 is 2.32 bits per heavy atom. The second kappa shape index (κ2) is 5.42. The first-order chi connectivity index (χ1) is 11.7. The van der Waals surface area contributed by atoms with E-state index in [9.17, 15) is 13.2 Å². The summed E-state index contributed by atoms with van der Waals surface area (Å²) in [6.07, 6.45) is -3.12. The van der Waals surface area contributed by atoms with Gasteiger partial charge in [-0.25, -0.2) is 13.2 Å². The second-order valence-corrected chi connectivity index (χ2v) is 6.30. The zero-order chi connectivity index (χ0) is 18.2. The van der Waals surface area contributed by atoms with Crippen molar-refractivity contribution in [1.82, 2.24) is 0 Å². The van der Waals surface area contributed by atoms with Crippen LogP contribution in [0, 0.1) is 0 Å². The highest BCUT2D eigenvalue weighted by Crippen LogP contribution is 2.33. The van der Waals surface area contributed by atoms with Crippen LogP contribution in [-0.2, 0) is 19.4 Å². The van der Waals surface area contributed by atoms with Crippen LogP contribution in [0.25, 0.3) is 11.1 Å². The third-order valence-electron chi connectivity index (χ3n) is 3.43. The van der Waals surface area contributed by atoms with E-state index in [2.05, 4.69) is 0 Å². The number of carbonyl (C=O) groups is 1. The van der Waals surface area contributed by atoms with Gasteiger partial charge in [-0.05, 0) is 23.3 Å². The molecule has 0 amide bonds. The summed E-state index contributed by atoms with van der Waals surface area (Å²) in [7, 11) is -4.41. The number of esters is 1. The summed E-state index contributed by atoms with van der Waals surface area (Å²) in [5, 5.41) is 0. The highest BCUT2D eigenvalue weighted by atomic mass is 32.2. The molecule has 5 heteroatoms. The van der Waals surface area contributed by atoms with E-state index < -0.39 is 22.0 Å². The van der Waals surface area contributed by atoms with Gasteiger partial charge in [0.2, 0.25) is 0 Å². The predicted octanol–water partition coefficient (Wildman–Crippen LogP) is 2.56. The van der Waals surface area contributed by atoms with Crippen LogP contribution in [0.1, 0.15) is 15.2 Å². The van der Waals surface area contributed by atoms with E-state index in [1.54, 1.807) is 24.3 Å². The molecular weight excluding hydrogens is 301 g/mol. The van der Waals surface area contributed by atoms with Crippen LogP contribution in [0.5, 0.6) is 0 Å². The summed E-state index contributed by atoms with van der Waals surface area (Å²) in [6.45, 7) is 0.0778. The average Bonchev–Trinajstić information content (AvgIpc) is 2.96. The second-order valence-electron chi connectivity index (χ2n) is 4.82. The van der Waals surface area contributed by atoms with Gasteiger partial charge in [0.1, 0.15) is 6.61 Å². The van der Waals surface area contributed by atoms with Crippen molar-refractivity contribution in [3.8, 4) is 0 Å². The maximum Gasteiger partial charge on any atom is 0.339 e.